The van der Waals surface area contributed by atoms with Crippen LogP contribution < -0.4 is 11.3 Å². The number of rotatable bonds is 2. The lowest BCUT2D eigenvalue weighted by atomic mass is 10.2. The maximum atomic E-state index is 13.5. The Morgan fingerprint density at radius 1 is 1.00 bits per heavy atom. The van der Waals surface area contributed by atoms with Crippen molar-refractivity contribution in [2.75, 3.05) is 0 Å². The summed E-state index contributed by atoms with van der Waals surface area (Å²) in [4.78, 5) is 16.7. The number of nitrogens with zero attached hydrogens (tertiary/aromatic N) is 2. The third-order valence-corrected chi connectivity index (χ3v) is 3.45. The van der Waals surface area contributed by atoms with E-state index >= 15 is 0 Å². The van der Waals surface area contributed by atoms with Crippen molar-refractivity contribution in [1.29, 1.82) is 0 Å². The van der Waals surface area contributed by atoms with E-state index in [0.717, 1.165) is 22.8 Å². The molecule has 4 nitrogen and oxygen atoms in total. The molecule has 0 saturated carbocycles. The highest BCUT2D eigenvalue weighted by molar-refractivity contribution is 5.78. The van der Waals surface area contributed by atoms with Crippen molar-refractivity contribution in [1.82, 2.24) is 9.55 Å². The van der Waals surface area contributed by atoms with Crippen molar-refractivity contribution < 1.29 is 17.6 Å². The smallest absolute Gasteiger partial charge is 0.266 e. The highest BCUT2D eigenvalue weighted by atomic mass is 19.2. The van der Waals surface area contributed by atoms with E-state index in [4.69, 9.17) is 5.73 Å². The molecule has 3 aromatic rings. The highest BCUT2D eigenvalue weighted by Gasteiger charge is 2.18. The summed E-state index contributed by atoms with van der Waals surface area (Å²) >= 11 is 0. The Kier molecular flexibility index (Phi) is 3.84. The van der Waals surface area contributed by atoms with Gasteiger partial charge in [0.05, 0.1) is 22.6 Å². The minimum Gasteiger partial charge on any atom is -0.322 e. The second-order valence-electron chi connectivity index (χ2n) is 5.31. The topological polar surface area (TPSA) is 60.9 Å². The molecule has 0 amide bonds. The molecule has 0 fully saturated rings. The minimum absolute atomic E-state index is 0.0384. The number of hydrogen-bond acceptors (Lipinski definition) is 3. The van der Waals surface area contributed by atoms with E-state index in [9.17, 15) is 22.4 Å². The van der Waals surface area contributed by atoms with Gasteiger partial charge in [0.1, 0.15) is 17.5 Å². The Labute approximate surface area is 133 Å². The Morgan fingerprint density at radius 2 is 1.58 bits per heavy atom. The van der Waals surface area contributed by atoms with E-state index in [0.29, 0.717) is 12.1 Å². The minimum atomic E-state index is -1.23. The van der Waals surface area contributed by atoms with E-state index < -0.39 is 34.9 Å². The fraction of sp³-hybridized carbons (Fsp3) is 0.125. The van der Waals surface area contributed by atoms with Crippen LogP contribution in [-0.4, -0.2) is 9.55 Å². The summed E-state index contributed by atoms with van der Waals surface area (Å²) in [5.74, 6) is -4.24. The van der Waals surface area contributed by atoms with Crippen molar-refractivity contribution >= 4 is 10.9 Å². The first-order chi connectivity index (χ1) is 11.3. The fourth-order valence-corrected chi connectivity index (χ4v) is 2.42. The lowest BCUT2D eigenvalue weighted by molar-refractivity contribution is 0.510. The van der Waals surface area contributed by atoms with Gasteiger partial charge >= 0.3 is 0 Å². The zero-order chi connectivity index (χ0) is 17.6. The summed E-state index contributed by atoms with van der Waals surface area (Å²) in [5, 5.41) is -0.233. The molecule has 1 heterocycles. The predicted molar refractivity (Wildman–Crippen MR) is 79.8 cm³/mol. The quantitative estimate of drug-likeness (QED) is 0.732. The van der Waals surface area contributed by atoms with E-state index in [1.54, 1.807) is 0 Å². The molecule has 0 radical (unpaired) electrons. The zero-order valence-corrected chi connectivity index (χ0v) is 12.4. The van der Waals surface area contributed by atoms with Gasteiger partial charge in [-0.05, 0) is 25.1 Å². The van der Waals surface area contributed by atoms with Crippen LogP contribution in [0, 0.1) is 23.3 Å². The van der Waals surface area contributed by atoms with Crippen LogP contribution in [0.15, 0.2) is 35.1 Å². The molecular weight excluding hydrogens is 326 g/mol. The zero-order valence-electron chi connectivity index (χ0n) is 12.4. The van der Waals surface area contributed by atoms with Crippen molar-refractivity contribution in [3.63, 3.8) is 0 Å². The van der Waals surface area contributed by atoms with E-state index in [-0.39, 0.29) is 22.4 Å². The molecule has 1 atom stereocenters. The molecule has 0 aliphatic heterocycles. The van der Waals surface area contributed by atoms with Gasteiger partial charge in [0.15, 0.2) is 11.6 Å². The van der Waals surface area contributed by atoms with Crippen LogP contribution in [0.25, 0.3) is 16.6 Å². The number of hydrogen-bond donors (Lipinski definition) is 1. The Hall–Kier alpha value is -2.74. The summed E-state index contributed by atoms with van der Waals surface area (Å²) in [6.07, 6.45) is 0. The van der Waals surface area contributed by atoms with Gasteiger partial charge in [-0.3, -0.25) is 9.36 Å². The molecule has 1 aromatic heterocycles. The van der Waals surface area contributed by atoms with Crippen molar-refractivity contribution in [2.24, 2.45) is 5.73 Å². The summed E-state index contributed by atoms with van der Waals surface area (Å²) in [6, 6.07) is 3.14. The largest absolute Gasteiger partial charge is 0.322 e. The van der Waals surface area contributed by atoms with E-state index in [1.807, 2.05) is 0 Å². The van der Waals surface area contributed by atoms with Crippen LogP contribution in [0.1, 0.15) is 18.8 Å². The molecule has 8 heteroatoms. The van der Waals surface area contributed by atoms with Gasteiger partial charge in [0, 0.05) is 12.1 Å². The molecule has 0 spiro atoms. The SMILES string of the molecule is CC(N)c1nc2cc(F)c(F)cc2c(=O)n1-c1cc(F)cc(F)c1. The van der Waals surface area contributed by atoms with Crippen LogP contribution >= 0.6 is 0 Å². The molecule has 2 aromatic carbocycles. The molecule has 2 N–H and O–H groups in total. The second kappa shape index (κ2) is 5.72. The summed E-state index contributed by atoms with van der Waals surface area (Å²) in [6.45, 7) is 1.50. The number of benzene rings is 2. The average molecular weight is 337 g/mol. The summed E-state index contributed by atoms with van der Waals surface area (Å²) < 4.78 is 54.7. The molecule has 124 valence electrons. The van der Waals surface area contributed by atoms with E-state index in [2.05, 4.69) is 4.98 Å². The number of nitrogens with two attached hydrogens (primary N) is 1. The Bertz CT molecular complexity index is 994. The van der Waals surface area contributed by atoms with Gasteiger partial charge < -0.3 is 5.73 Å². The first kappa shape index (κ1) is 16.1. The lowest BCUT2D eigenvalue weighted by Crippen LogP contribution is -2.27. The summed E-state index contributed by atoms with van der Waals surface area (Å²) in [5.41, 5.74) is 4.72. The van der Waals surface area contributed by atoms with Gasteiger partial charge in [0.2, 0.25) is 0 Å². The molecule has 0 aliphatic rings. The average Bonchev–Trinajstić information content (AvgIpc) is 2.48. The number of aromatic nitrogens is 2. The van der Waals surface area contributed by atoms with Gasteiger partial charge in [-0.25, -0.2) is 22.5 Å². The van der Waals surface area contributed by atoms with Gasteiger partial charge in [-0.1, -0.05) is 0 Å². The van der Waals surface area contributed by atoms with Crippen molar-refractivity contribution in [3.8, 4) is 5.69 Å². The van der Waals surface area contributed by atoms with Crippen LogP contribution in [0.3, 0.4) is 0 Å². The summed E-state index contributed by atoms with van der Waals surface area (Å²) in [7, 11) is 0. The molecule has 1 unspecified atom stereocenters. The van der Waals surface area contributed by atoms with Crippen molar-refractivity contribution in [2.45, 2.75) is 13.0 Å². The van der Waals surface area contributed by atoms with Crippen LogP contribution in [0.2, 0.25) is 0 Å². The molecule has 0 aliphatic carbocycles. The Balaban J connectivity index is 2.45. The normalized spacial score (nSPS) is 12.6. The maximum absolute atomic E-state index is 13.5. The predicted octanol–water partition coefficient (Wildman–Crippen LogP) is 2.96. The first-order valence-corrected chi connectivity index (χ1v) is 6.91. The first-order valence-electron chi connectivity index (χ1n) is 6.91. The lowest BCUT2D eigenvalue weighted by Gasteiger charge is -2.16. The third-order valence-electron chi connectivity index (χ3n) is 3.45. The molecule has 0 bridgehead atoms. The standard InChI is InChI=1S/C16H11F4N3O/c1-7(21)15-22-14-6-13(20)12(19)5-11(14)16(24)23(15)10-3-8(17)2-9(18)4-10/h2-7H,21H2,1H3. The number of halogens is 4. The third kappa shape index (κ3) is 2.65. The van der Waals surface area contributed by atoms with E-state index in [1.165, 1.54) is 6.92 Å². The fourth-order valence-electron chi connectivity index (χ4n) is 2.42. The number of fused-ring (bicyclic) bond motifs is 1. The molecule has 0 saturated heterocycles. The van der Waals surface area contributed by atoms with Crippen LogP contribution in [0.5, 0.6) is 0 Å². The second-order valence-corrected chi connectivity index (χ2v) is 5.31. The highest BCUT2D eigenvalue weighted by Crippen LogP contribution is 2.20. The van der Waals surface area contributed by atoms with Gasteiger partial charge in [0.25, 0.3) is 5.56 Å². The molecule has 24 heavy (non-hydrogen) atoms. The van der Waals surface area contributed by atoms with Gasteiger partial charge in [-0.15, -0.1) is 0 Å². The monoisotopic (exact) mass is 337 g/mol. The van der Waals surface area contributed by atoms with Crippen LogP contribution in [0.4, 0.5) is 17.6 Å². The molecule has 3 rings (SSSR count). The maximum Gasteiger partial charge on any atom is 0.266 e. The van der Waals surface area contributed by atoms with Crippen molar-refractivity contribution in [3.05, 3.63) is 69.8 Å². The van der Waals surface area contributed by atoms with Gasteiger partial charge in [-0.2, -0.15) is 0 Å². The van der Waals surface area contributed by atoms with Crippen LogP contribution in [-0.2, 0) is 0 Å². The Morgan fingerprint density at radius 3 is 2.17 bits per heavy atom. The molecular formula is C16H11F4N3O.